The average Bonchev–Trinajstić information content (AvgIpc) is 2.78. The van der Waals surface area contributed by atoms with Crippen LogP contribution in [0.5, 0.6) is 11.5 Å². The Morgan fingerprint density at radius 3 is 2.61 bits per heavy atom. The molecular weight excluding hydrogens is 396 g/mol. The third-order valence-electron chi connectivity index (χ3n) is 5.29. The van der Waals surface area contributed by atoms with Crippen LogP contribution >= 0.6 is 0 Å². The standard InChI is InChI=1S/C24H28N2O5/c1-4-25(3)23(28)6-5-13-26-20-14-18(9-12-22(20)31-16-24(26)29)21(27)15-30-19-10-7-17(2)8-11-19/h7-12,14H,4-6,13,15-16H2,1-3H3. The molecule has 7 heteroatoms. The van der Waals surface area contributed by atoms with Crippen molar-refractivity contribution in [1.82, 2.24) is 4.90 Å². The van der Waals surface area contributed by atoms with Crippen molar-refractivity contribution < 1.29 is 23.9 Å². The Kier molecular flexibility index (Phi) is 7.28. The lowest BCUT2D eigenvalue weighted by Gasteiger charge is -2.30. The second-order valence-corrected chi connectivity index (χ2v) is 7.55. The van der Waals surface area contributed by atoms with Gasteiger partial charge in [0.05, 0.1) is 5.69 Å². The Hall–Kier alpha value is -3.35. The fraction of sp³-hybridized carbons (Fsp3) is 0.375. The first-order valence-electron chi connectivity index (χ1n) is 10.4. The first kappa shape index (κ1) is 22.3. The maximum absolute atomic E-state index is 12.7. The van der Waals surface area contributed by atoms with Gasteiger partial charge in [0.2, 0.25) is 5.91 Å². The summed E-state index contributed by atoms with van der Waals surface area (Å²) in [6, 6.07) is 12.5. The zero-order valence-electron chi connectivity index (χ0n) is 18.2. The van der Waals surface area contributed by atoms with Gasteiger partial charge in [0, 0.05) is 32.1 Å². The maximum Gasteiger partial charge on any atom is 0.265 e. The monoisotopic (exact) mass is 424 g/mol. The van der Waals surface area contributed by atoms with Crippen LogP contribution in [0, 0.1) is 6.92 Å². The molecule has 0 saturated carbocycles. The number of ketones is 1. The molecule has 0 N–H and O–H groups in total. The van der Waals surface area contributed by atoms with Crippen LogP contribution in [0.4, 0.5) is 5.69 Å². The fourth-order valence-electron chi connectivity index (χ4n) is 3.24. The number of aryl methyl sites for hydroxylation is 1. The topological polar surface area (TPSA) is 76.2 Å². The normalized spacial score (nSPS) is 12.7. The molecule has 0 saturated heterocycles. The van der Waals surface area contributed by atoms with Crippen LogP contribution in [0.2, 0.25) is 0 Å². The number of rotatable bonds is 9. The van der Waals surface area contributed by atoms with Crippen molar-refractivity contribution >= 4 is 23.3 Å². The highest BCUT2D eigenvalue weighted by molar-refractivity contribution is 6.02. The summed E-state index contributed by atoms with van der Waals surface area (Å²) in [5, 5.41) is 0. The predicted octanol–water partition coefficient (Wildman–Crippen LogP) is 3.24. The Balaban J connectivity index is 1.67. The minimum atomic E-state index is -0.193. The fourth-order valence-corrected chi connectivity index (χ4v) is 3.24. The number of benzene rings is 2. The van der Waals surface area contributed by atoms with E-state index in [9.17, 15) is 14.4 Å². The van der Waals surface area contributed by atoms with Gasteiger partial charge in [-0.25, -0.2) is 0 Å². The molecular formula is C24H28N2O5. The first-order valence-corrected chi connectivity index (χ1v) is 10.4. The molecule has 2 aromatic rings. The molecule has 2 aromatic carbocycles. The van der Waals surface area contributed by atoms with Crippen LogP contribution in [0.1, 0.15) is 35.7 Å². The first-order chi connectivity index (χ1) is 14.9. The number of hydrogen-bond donors (Lipinski definition) is 0. The van der Waals surface area contributed by atoms with Crippen LogP contribution in [-0.4, -0.2) is 55.8 Å². The molecule has 0 aliphatic carbocycles. The summed E-state index contributed by atoms with van der Waals surface area (Å²) in [7, 11) is 1.76. The van der Waals surface area contributed by atoms with Crippen LogP contribution < -0.4 is 14.4 Å². The van der Waals surface area contributed by atoms with Gasteiger partial charge in [-0.2, -0.15) is 0 Å². The highest BCUT2D eigenvalue weighted by Gasteiger charge is 2.26. The molecule has 0 fully saturated rings. The van der Waals surface area contributed by atoms with E-state index in [4.69, 9.17) is 9.47 Å². The highest BCUT2D eigenvalue weighted by Crippen LogP contribution is 2.33. The van der Waals surface area contributed by atoms with Gasteiger partial charge >= 0.3 is 0 Å². The maximum atomic E-state index is 12.7. The predicted molar refractivity (Wildman–Crippen MR) is 118 cm³/mol. The second-order valence-electron chi connectivity index (χ2n) is 7.55. The Morgan fingerprint density at radius 1 is 1.16 bits per heavy atom. The van der Waals surface area contributed by atoms with Crippen LogP contribution in [0.15, 0.2) is 42.5 Å². The molecule has 0 atom stereocenters. The molecule has 1 aliphatic heterocycles. The van der Waals surface area contributed by atoms with Crippen molar-refractivity contribution in [2.24, 2.45) is 0 Å². The van der Waals surface area contributed by atoms with E-state index in [1.54, 1.807) is 35.0 Å². The van der Waals surface area contributed by atoms with E-state index in [0.717, 1.165) is 5.56 Å². The van der Waals surface area contributed by atoms with E-state index >= 15 is 0 Å². The number of ether oxygens (including phenoxy) is 2. The average molecular weight is 424 g/mol. The number of carbonyl (C=O) groups excluding carboxylic acids is 3. The Labute approximate surface area is 182 Å². The largest absolute Gasteiger partial charge is 0.485 e. The van der Waals surface area contributed by atoms with Crippen LogP contribution in [0.25, 0.3) is 0 Å². The zero-order chi connectivity index (χ0) is 22.4. The van der Waals surface area contributed by atoms with Crippen LogP contribution in [-0.2, 0) is 9.59 Å². The van der Waals surface area contributed by atoms with Crippen molar-refractivity contribution in [3.05, 3.63) is 53.6 Å². The SMILES string of the molecule is CCN(C)C(=O)CCCN1C(=O)COc2ccc(C(=O)COc3ccc(C)cc3)cc21. The number of hydrogen-bond acceptors (Lipinski definition) is 5. The van der Waals surface area contributed by atoms with E-state index < -0.39 is 0 Å². The molecule has 1 heterocycles. The van der Waals surface area contributed by atoms with Crippen molar-refractivity contribution in [2.45, 2.75) is 26.7 Å². The van der Waals surface area contributed by atoms with Gasteiger partial charge in [-0.15, -0.1) is 0 Å². The molecule has 0 radical (unpaired) electrons. The van der Waals surface area contributed by atoms with Crippen molar-refractivity contribution in [2.75, 3.05) is 38.3 Å². The van der Waals surface area contributed by atoms with Gasteiger partial charge in [0.1, 0.15) is 11.5 Å². The van der Waals surface area contributed by atoms with E-state index in [1.165, 1.54) is 0 Å². The highest BCUT2D eigenvalue weighted by atomic mass is 16.5. The van der Waals surface area contributed by atoms with Gasteiger partial charge in [-0.3, -0.25) is 14.4 Å². The molecule has 0 bridgehead atoms. The minimum Gasteiger partial charge on any atom is -0.485 e. The van der Waals surface area contributed by atoms with Crippen LogP contribution in [0.3, 0.4) is 0 Å². The van der Waals surface area contributed by atoms with E-state index in [2.05, 4.69) is 0 Å². The third kappa shape index (κ3) is 5.63. The Morgan fingerprint density at radius 2 is 1.90 bits per heavy atom. The molecule has 2 amide bonds. The number of fused-ring (bicyclic) bond motifs is 1. The summed E-state index contributed by atoms with van der Waals surface area (Å²) in [5.41, 5.74) is 2.10. The van der Waals surface area contributed by atoms with E-state index in [-0.39, 0.29) is 30.8 Å². The number of nitrogens with zero attached hydrogens (tertiary/aromatic N) is 2. The summed E-state index contributed by atoms with van der Waals surface area (Å²) in [6.07, 6.45) is 0.885. The minimum absolute atomic E-state index is 0.0422. The van der Waals surface area contributed by atoms with E-state index in [0.29, 0.717) is 48.7 Å². The molecule has 1 aliphatic rings. The van der Waals surface area contributed by atoms with Gasteiger partial charge < -0.3 is 19.3 Å². The van der Waals surface area contributed by atoms with Crippen molar-refractivity contribution in [1.29, 1.82) is 0 Å². The van der Waals surface area contributed by atoms with E-state index in [1.807, 2.05) is 38.1 Å². The summed E-state index contributed by atoms with van der Waals surface area (Å²) in [6.45, 7) is 4.77. The summed E-state index contributed by atoms with van der Waals surface area (Å²) in [5.74, 6) is 0.831. The summed E-state index contributed by atoms with van der Waals surface area (Å²) in [4.78, 5) is 40.4. The molecule has 3 rings (SSSR count). The van der Waals surface area contributed by atoms with Crippen molar-refractivity contribution in [3.8, 4) is 11.5 Å². The lowest BCUT2D eigenvalue weighted by atomic mass is 10.1. The molecule has 0 spiro atoms. The van der Waals surface area contributed by atoms with Crippen molar-refractivity contribution in [3.63, 3.8) is 0 Å². The molecule has 31 heavy (non-hydrogen) atoms. The zero-order valence-corrected chi connectivity index (χ0v) is 18.2. The molecule has 7 nitrogen and oxygen atoms in total. The number of carbonyl (C=O) groups is 3. The lowest BCUT2D eigenvalue weighted by Crippen LogP contribution is -2.40. The third-order valence-corrected chi connectivity index (χ3v) is 5.29. The Bertz CT molecular complexity index is 955. The van der Waals surface area contributed by atoms with Gasteiger partial charge in [-0.05, 0) is 50.6 Å². The molecule has 164 valence electrons. The summed E-state index contributed by atoms with van der Waals surface area (Å²) < 4.78 is 11.1. The number of anilines is 1. The quantitative estimate of drug-likeness (QED) is 0.578. The second kappa shape index (κ2) is 10.1. The lowest BCUT2D eigenvalue weighted by molar-refractivity contribution is -0.130. The number of Topliss-reactive ketones (excluding diaryl/α,β-unsaturated/α-hetero) is 1. The smallest absolute Gasteiger partial charge is 0.265 e. The summed E-state index contributed by atoms with van der Waals surface area (Å²) >= 11 is 0. The molecule has 0 unspecified atom stereocenters. The van der Waals surface area contributed by atoms with Gasteiger partial charge in [0.15, 0.2) is 19.0 Å². The number of amides is 2. The molecule has 0 aromatic heterocycles. The van der Waals surface area contributed by atoms with Gasteiger partial charge in [0.25, 0.3) is 5.91 Å². The van der Waals surface area contributed by atoms with Gasteiger partial charge in [-0.1, -0.05) is 17.7 Å².